The van der Waals surface area contributed by atoms with Crippen LogP contribution in [0.25, 0.3) is 44.7 Å². The van der Waals surface area contributed by atoms with Gasteiger partial charge < -0.3 is 14.8 Å². The van der Waals surface area contributed by atoms with Gasteiger partial charge in [-0.1, -0.05) is 35.9 Å². The lowest BCUT2D eigenvalue weighted by molar-refractivity contribution is -0.141. The van der Waals surface area contributed by atoms with E-state index >= 15 is 0 Å². The number of rotatable bonds is 7. The number of aromatic nitrogens is 4. The predicted octanol–water partition coefficient (Wildman–Crippen LogP) is 6.98. The smallest absolute Gasteiger partial charge is 0.307 e. The van der Waals surface area contributed by atoms with Gasteiger partial charge in [0.25, 0.3) is 0 Å². The second-order valence-electron chi connectivity index (χ2n) is 11.0. The third kappa shape index (κ3) is 5.33. The largest absolute Gasteiger partial charge is 0.481 e. The van der Waals surface area contributed by atoms with Gasteiger partial charge in [0, 0.05) is 42.8 Å². The number of anilines is 2. The van der Waals surface area contributed by atoms with Crippen molar-refractivity contribution in [1.82, 2.24) is 24.8 Å². The number of hydrogen-bond acceptors (Lipinski definition) is 9. The van der Waals surface area contributed by atoms with Crippen LogP contribution in [-0.4, -0.2) is 49.0 Å². The average Bonchev–Trinajstić information content (AvgIpc) is 3.70. The summed E-state index contributed by atoms with van der Waals surface area (Å²) in [4.78, 5) is 31.5. The van der Waals surface area contributed by atoms with Crippen LogP contribution in [0.5, 0.6) is 0 Å². The summed E-state index contributed by atoms with van der Waals surface area (Å²) in [6.07, 6.45) is 5.55. The number of fused-ring (bicyclic) bond motifs is 2. The number of pyridine rings is 1. The fourth-order valence-electron chi connectivity index (χ4n) is 5.93. The molecule has 2 N–H and O–H groups in total. The molecule has 10 nitrogen and oxygen atoms in total. The monoisotopic (exact) mass is 615 g/mol. The first-order chi connectivity index (χ1) is 21.9. The number of nitrogens with one attached hydrogen (secondary N) is 1. The Morgan fingerprint density at radius 1 is 1.07 bits per heavy atom. The van der Waals surface area contributed by atoms with Gasteiger partial charge in [0.2, 0.25) is 5.89 Å². The van der Waals surface area contributed by atoms with Crippen LogP contribution >= 0.6 is 11.6 Å². The Bertz CT molecular complexity index is 2150. The Hall–Kier alpha value is -5.37. The van der Waals surface area contributed by atoms with Crippen molar-refractivity contribution < 1.29 is 14.3 Å². The number of nitriles is 1. The number of carbonyl (C=O) groups is 1. The maximum absolute atomic E-state index is 11.4. The zero-order valence-corrected chi connectivity index (χ0v) is 24.9. The van der Waals surface area contributed by atoms with Crippen molar-refractivity contribution >= 4 is 51.2 Å². The third-order valence-corrected chi connectivity index (χ3v) is 8.60. The molecule has 0 saturated carbocycles. The van der Waals surface area contributed by atoms with Gasteiger partial charge in [0.1, 0.15) is 17.1 Å². The first-order valence-corrected chi connectivity index (χ1v) is 14.8. The second kappa shape index (κ2) is 11.6. The van der Waals surface area contributed by atoms with Crippen LogP contribution in [0.3, 0.4) is 0 Å². The van der Waals surface area contributed by atoms with Gasteiger partial charge in [-0.3, -0.25) is 14.7 Å². The van der Waals surface area contributed by atoms with Crippen LogP contribution < -0.4 is 5.32 Å². The molecule has 0 spiro atoms. The Labute approximate surface area is 263 Å². The summed E-state index contributed by atoms with van der Waals surface area (Å²) in [5, 5.41) is 23.1. The molecule has 0 amide bonds. The molecule has 1 fully saturated rings. The number of halogens is 1. The number of carboxylic acid groups (broad SMARTS) is 1. The van der Waals surface area contributed by atoms with Crippen molar-refractivity contribution in [1.29, 1.82) is 5.26 Å². The Morgan fingerprint density at radius 2 is 1.87 bits per heavy atom. The predicted molar refractivity (Wildman–Crippen MR) is 171 cm³/mol. The summed E-state index contributed by atoms with van der Waals surface area (Å²) in [5.41, 5.74) is 7.70. The maximum Gasteiger partial charge on any atom is 0.307 e. The molecule has 45 heavy (non-hydrogen) atoms. The minimum Gasteiger partial charge on any atom is -0.481 e. The first-order valence-electron chi connectivity index (χ1n) is 14.4. The minimum atomic E-state index is -0.773. The van der Waals surface area contributed by atoms with Gasteiger partial charge in [-0.05, 0) is 66.9 Å². The lowest BCUT2D eigenvalue weighted by Gasteiger charge is -2.15. The van der Waals surface area contributed by atoms with Gasteiger partial charge in [-0.25, -0.2) is 15.0 Å². The number of carboxylic acids is 1. The topological polar surface area (TPSA) is 141 Å². The number of likely N-dealkylation sites (tertiary alicyclic amines) is 1. The van der Waals surface area contributed by atoms with Gasteiger partial charge in [0.05, 0.1) is 27.7 Å². The highest BCUT2D eigenvalue weighted by molar-refractivity contribution is 6.36. The van der Waals surface area contributed by atoms with E-state index < -0.39 is 5.97 Å². The van der Waals surface area contributed by atoms with Gasteiger partial charge in [0.15, 0.2) is 11.4 Å². The molecular formula is C34H26ClN7O3. The third-order valence-electron chi connectivity index (χ3n) is 8.19. The van der Waals surface area contributed by atoms with E-state index in [2.05, 4.69) is 31.2 Å². The number of aliphatic carboxylic acids is 1. The number of benzene rings is 3. The minimum absolute atomic E-state index is 0.368. The molecule has 3 aromatic carbocycles. The summed E-state index contributed by atoms with van der Waals surface area (Å²) in [6.45, 7) is 3.70. The van der Waals surface area contributed by atoms with E-state index in [4.69, 9.17) is 21.0 Å². The van der Waals surface area contributed by atoms with Crippen molar-refractivity contribution in [3.05, 3.63) is 94.9 Å². The fourth-order valence-corrected chi connectivity index (χ4v) is 6.20. The fraction of sp³-hybridized carbons (Fsp3) is 0.176. The highest BCUT2D eigenvalue weighted by atomic mass is 35.5. The van der Waals surface area contributed by atoms with E-state index in [1.165, 1.54) is 0 Å². The molecule has 0 aliphatic carbocycles. The average molecular weight is 616 g/mol. The van der Waals surface area contributed by atoms with E-state index in [0.29, 0.717) is 70.7 Å². The van der Waals surface area contributed by atoms with Crippen molar-refractivity contribution in [3.8, 4) is 28.7 Å². The molecular weight excluding hydrogens is 590 g/mol. The van der Waals surface area contributed by atoms with Crippen LogP contribution in [0, 0.1) is 24.2 Å². The molecule has 1 aliphatic rings. The molecule has 6 aromatic rings. The first kappa shape index (κ1) is 28.4. The van der Waals surface area contributed by atoms with Gasteiger partial charge >= 0.3 is 5.97 Å². The Kier molecular flexibility index (Phi) is 7.33. The molecule has 7 rings (SSSR count). The molecule has 222 valence electrons. The van der Waals surface area contributed by atoms with E-state index in [1.54, 1.807) is 30.7 Å². The SMILES string of the molecule is Cc1c(-c2nc3cc(CN4CC[C@@H](C(=O)O)C4)cc(C#N)c3o2)cccc1-c1cccc(Nc2nccc3nccnc23)c1Cl. The van der Waals surface area contributed by atoms with Gasteiger partial charge in [-0.15, -0.1) is 0 Å². The lowest BCUT2D eigenvalue weighted by atomic mass is 9.96. The van der Waals surface area contributed by atoms with Crippen molar-refractivity contribution in [2.24, 2.45) is 5.92 Å². The maximum atomic E-state index is 11.4. The standard InChI is InChI=1S/C34H26ClN7O3/c1-19-23(25-6-3-7-26(29(25)35)40-32-30-27(8-10-39-32)37-11-12-38-30)4-2-5-24(19)33-41-28-15-20(14-22(16-36)31(28)45-33)17-42-13-9-21(18-42)34(43)44/h2-8,10-12,14-15,21H,9,13,17-18H2,1H3,(H,39,40)(H,43,44)/t21-/m1/s1. The van der Waals surface area contributed by atoms with Crippen LogP contribution in [0.15, 0.2) is 77.6 Å². The summed E-state index contributed by atoms with van der Waals surface area (Å²) < 4.78 is 6.20. The van der Waals surface area contributed by atoms with Crippen LogP contribution in [0.2, 0.25) is 5.02 Å². The van der Waals surface area contributed by atoms with Crippen LogP contribution in [-0.2, 0) is 11.3 Å². The van der Waals surface area contributed by atoms with Crippen LogP contribution in [0.4, 0.5) is 11.5 Å². The molecule has 1 saturated heterocycles. The zero-order chi connectivity index (χ0) is 31.1. The molecule has 3 aromatic heterocycles. The second-order valence-corrected chi connectivity index (χ2v) is 11.4. The lowest BCUT2D eigenvalue weighted by Crippen LogP contribution is -2.22. The molecule has 4 heterocycles. The highest BCUT2D eigenvalue weighted by Gasteiger charge is 2.28. The van der Waals surface area contributed by atoms with E-state index in [0.717, 1.165) is 33.3 Å². The summed E-state index contributed by atoms with van der Waals surface area (Å²) in [5.74, 6) is -0.192. The zero-order valence-electron chi connectivity index (χ0n) is 24.2. The molecule has 1 atom stereocenters. The highest BCUT2D eigenvalue weighted by Crippen LogP contribution is 2.40. The number of nitrogens with zero attached hydrogens (tertiary/aromatic N) is 6. The van der Waals surface area contributed by atoms with Gasteiger partial charge in [-0.2, -0.15) is 5.26 Å². The molecule has 11 heteroatoms. The van der Waals surface area contributed by atoms with E-state index in [-0.39, 0.29) is 5.92 Å². The number of hydrogen-bond donors (Lipinski definition) is 2. The molecule has 0 bridgehead atoms. The Morgan fingerprint density at radius 3 is 2.69 bits per heavy atom. The summed E-state index contributed by atoms with van der Waals surface area (Å²) >= 11 is 6.99. The van der Waals surface area contributed by atoms with E-state index in [1.807, 2.05) is 49.4 Å². The summed E-state index contributed by atoms with van der Waals surface area (Å²) in [6, 6.07) is 19.4. The summed E-state index contributed by atoms with van der Waals surface area (Å²) in [7, 11) is 0. The molecule has 0 radical (unpaired) electrons. The number of oxazole rings is 1. The van der Waals surface area contributed by atoms with Crippen molar-refractivity contribution in [2.45, 2.75) is 19.9 Å². The van der Waals surface area contributed by atoms with Crippen molar-refractivity contribution in [2.75, 3.05) is 18.4 Å². The van der Waals surface area contributed by atoms with Crippen molar-refractivity contribution in [3.63, 3.8) is 0 Å². The quantitative estimate of drug-likeness (QED) is 0.193. The Balaban J connectivity index is 1.22. The normalized spacial score (nSPS) is 15.0. The van der Waals surface area contributed by atoms with Crippen LogP contribution in [0.1, 0.15) is 23.1 Å². The van der Waals surface area contributed by atoms with E-state index in [9.17, 15) is 15.2 Å². The molecule has 1 aliphatic heterocycles. The molecule has 0 unspecified atom stereocenters.